The van der Waals surface area contributed by atoms with E-state index in [0.717, 1.165) is 22.5 Å². The number of aliphatic carboxylic acids is 1. The number of carboxylic acids is 1. The van der Waals surface area contributed by atoms with Crippen LogP contribution >= 0.6 is 0 Å². The summed E-state index contributed by atoms with van der Waals surface area (Å²) in [6, 6.07) is 16.3. The van der Waals surface area contributed by atoms with Gasteiger partial charge in [0.25, 0.3) is 15.9 Å². The molecule has 10 nitrogen and oxygen atoms in total. The van der Waals surface area contributed by atoms with E-state index in [9.17, 15) is 31.6 Å². The minimum Gasteiger partial charge on any atom is -0.486 e. The number of fused-ring (bicyclic) bond motifs is 1. The number of alkyl halides is 3. The molecule has 1 atom stereocenters. The summed E-state index contributed by atoms with van der Waals surface area (Å²) in [5.41, 5.74) is -0.155. The lowest BCUT2D eigenvalue weighted by atomic mass is 10.1. The van der Waals surface area contributed by atoms with Gasteiger partial charge in [-0.25, -0.2) is 8.42 Å². The summed E-state index contributed by atoms with van der Waals surface area (Å²) in [7, 11) is -4.57. The molecule has 0 radical (unpaired) electrons. The zero-order valence-corrected chi connectivity index (χ0v) is 21.7. The molecule has 0 amide bonds. The number of aromatic nitrogens is 2. The monoisotopic (exact) mass is 584 g/mol. The van der Waals surface area contributed by atoms with E-state index in [1.54, 1.807) is 24.3 Å². The predicted octanol–water partition coefficient (Wildman–Crippen LogP) is 5.12. The lowest BCUT2D eigenvalue weighted by Gasteiger charge is -2.35. The van der Waals surface area contributed by atoms with Gasteiger partial charge in [-0.2, -0.15) is 23.4 Å². The number of anilines is 1. The Bertz CT molecular complexity index is 1780. The highest BCUT2D eigenvalue weighted by Crippen LogP contribution is 2.41. The smallest absolute Gasteiger partial charge is 0.416 e. The molecule has 0 fully saturated rings. The first-order valence-corrected chi connectivity index (χ1v) is 13.5. The molecule has 4 aromatic rings. The van der Waals surface area contributed by atoms with Crippen molar-refractivity contribution in [2.75, 3.05) is 10.8 Å². The van der Waals surface area contributed by atoms with Crippen LogP contribution in [0.15, 0.2) is 76.1 Å². The van der Waals surface area contributed by atoms with Crippen LogP contribution in [0.4, 0.5) is 18.9 Å². The van der Waals surface area contributed by atoms with Crippen LogP contribution in [-0.2, 0) is 21.0 Å². The number of benzene rings is 3. The van der Waals surface area contributed by atoms with E-state index < -0.39 is 38.7 Å². The quantitative estimate of drug-likeness (QED) is 0.313. The van der Waals surface area contributed by atoms with Gasteiger partial charge in [0, 0.05) is 12.0 Å². The van der Waals surface area contributed by atoms with Crippen molar-refractivity contribution in [2.24, 2.45) is 0 Å². The van der Waals surface area contributed by atoms with Gasteiger partial charge in [-0.1, -0.05) is 23.4 Å². The van der Waals surface area contributed by atoms with Crippen molar-refractivity contribution < 1.29 is 40.8 Å². The third-order valence-electron chi connectivity index (χ3n) is 6.28. The molecule has 1 aromatic heterocycles. The second kappa shape index (κ2) is 10.6. The summed E-state index contributed by atoms with van der Waals surface area (Å²) < 4.78 is 79.6. The van der Waals surface area contributed by atoms with Crippen LogP contribution < -0.4 is 9.04 Å². The number of nitriles is 1. The summed E-state index contributed by atoms with van der Waals surface area (Å²) in [5, 5.41) is 22.4. The van der Waals surface area contributed by atoms with Crippen molar-refractivity contribution in [1.29, 1.82) is 5.26 Å². The number of sulfonamides is 1. The van der Waals surface area contributed by atoms with Crippen LogP contribution in [0.3, 0.4) is 0 Å². The average Bonchev–Trinajstić information content (AvgIpc) is 3.45. The highest BCUT2D eigenvalue weighted by atomic mass is 32.2. The fourth-order valence-corrected chi connectivity index (χ4v) is 5.84. The van der Waals surface area contributed by atoms with Crippen molar-refractivity contribution in [2.45, 2.75) is 30.0 Å². The van der Waals surface area contributed by atoms with Gasteiger partial charge in [-0.05, 0) is 55.0 Å². The van der Waals surface area contributed by atoms with E-state index in [0.29, 0.717) is 22.8 Å². The molecule has 1 aliphatic rings. The Morgan fingerprint density at radius 2 is 1.90 bits per heavy atom. The number of halogens is 3. The highest BCUT2D eigenvalue weighted by molar-refractivity contribution is 7.92. The molecule has 14 heteroatoms. The summed E-state index contributed by atoms with van der Waals surface area (Å²) in [6.07, 6.45) is -6.01. The molecular weight excluding hydrogens is 565 g/mol. The van der Waals surface area contributed by atoms with Crippen LogP contribution in [-0.4, -0.2) is 42.3 Å². The van der Waals surface area contributed by atoms with Gasteiger partial charge in [0.1, 0.15) is 11.9 Å². The maximum absolute atomic E-state index is 13.7. The van der Waals surface area contributed by atoms with Gasteiger partial charge < -0.3 is 14.4 Å². The van der Waals surface area contributed by atoms with Crippen LogP contribution in [0.5, 0.6) is 5.75 Å². The highest BCUT2D eigenvalue weighted by Gasteiger charge is 2.37. The fraction of sp³-hybridized carbons (Fsp3) is 0.185. The maximum atomic E-state index is 13.7. The van der Waals surface area contributed by atoms with Crippen LogP contribution in [0, 0.1) is 11.3 Å². The Kier molecular flexibility index (Phi) is 7.14. The van der Waals surface area contributed by atoms with Crippen molar-refractivity contribution in [3.63, 3.8) is 0 Å². The van der Waals surface area contributed by atoms with E-state index >= 15 is 0 Å². The lowest BCUT2D eigenvalue weighted by Crippen LogP contribution is -2.43. The van der Waals surface area contributed by atoms with Crippen molar-refractivity contribution >= 4 is 21.7 Å². The molecular formula is C27H19F3N4O6S. The zero-order chi connectivity index (χ0) is 29.4. The number of hydrogen-bond donors (Lipinski definition) is 1. The molecule has 3 aromatic carbocycles. The van der Waals surface area contributed by atoms with E-state index in [1.807, 2.05) is 6.07 Å². The van der Waals surface area contributed by atoms with E-state index in [-0.39, 0.29) is 42.5 Å². The molecule has 1 unspecified atom stereocenters. The van der Waals surface area contributed by atoms with Gasteiger partial charge in [0.15, 0.2) is 0 Å². The Balaban J connectivity index is 1.57. The molecule has 0 saturated heterocycles. The van der Waals surface area contributed by atoms with Gasteiger partial charge in [-0.3, -0.25) is 9.10 Å². The molecule has 0 bridgehead atoms. The molecule has 210 valence electrons. The second-order valence-electron chi connectivity index (χ2n) is 9.00. The summed E-state index contributed by atoms with van der Waals surface area (Å²) in [4.78, 5) is 14.9. The maximum Gasteiger partial charge on any atom is 0.416 e. The van der Waals surface area contributed by atoms with E-state index in [4.69, 9.17) is 14.4 Å². The first-order chi connectivity index (χ1) is 19.5. The number of rotatable bonds is 7. The third-order valence-corrected chi connectivity index (χ3v) is 8.06. The number of nitrogens with zero attached hydrogens (tertiary/aromatic N) is 4. The average molecular weight is 585 g/mol. The second-order valence-corrected chi connectivity index (χ2v) is 10.9. The van der Waals surface area contributed by atoms with Crippen molar-refractivity contribution in [3.8, 4) is 34.7 Å². The van der Waals surface area contributed by atoms with E-state index in [2.05, 4.69) is 10.1 Å². The van der Waals surface area contributed by atoms with E-state index in [1.165, 1.54) is 18.2 Å². The largest absolute Gasteiger partial charge is 0.486 e. The fourth-order valence-electron chi connectivity index (χ4n) is 4.29. The molecule has 5 rings (SSSR count). The normalized spacial score (nSPS) is 15.1. The van der Waals surface area contributed by atoms with Gasteiger partial charge >= 0.3 is 12.1 Å². The van der Waals surface area contributed by atoms with Crippen molar-refractivity contribution in [1.82, 2.24) is 10.1 Å². The number of ether oxygens (including phenoxy) is 1. The topological polar surface area (TPSA) is 147 Å². The van der Waals surface area contributed by atoms with Crippen molar-refractivity contribution in [3.05, 3.63) is 77.9 Å². The summed E-state index contributed by atoms with van der Waals surface area (Å²) in [5.74, 6) is -0.939. The SMILES string of the molecule is N#Cc1ccccc1-c1nc(-c2ccc3c(c2)N(S(=O)(=O)c2cccc(C(F)(F)F)c2)CC(CCC(=O)O)O3)no1. The minimum absolute atomic E-state index is 0.00439. The number of carboxylic acid groups (broad SMARTS) is 1. The standard InChI is InChI=1S/C27H19F3N4O6S/c28-27(29,30)18-5-3-6-20(13-18)41(37,38)34-15-19(9-11-24(35)36)39-23-10-8-16(12-22(23)34)25-32-26(40-33-25)21-7-2-1-4-17(21)14-31/h1-8,10,12-13,19H,9,11,15H2,(H,35,36). The Morgan fingerprint density at radius 3 is 2.63 bits per heavy atom. The van der Waals surface area contributed by atoms with Gasteiger partial charge in [-0.15, -0.1) is 0 Å². The Labute approximate surface area is 231 Å². The number of hydrogen-bond acceptors (Lipinski definition) is 8. The Hall–Kier alpha value is -4.90. The molecule has 1 N–H and O–H groups in total. The molecule has 41 heavy (non-hydrogen) atoms. The summed E-state index contributed by atoms with van der Waals surface area (Å²) in [6.45, 7) is -0.352. The Morgan fingerprint density at radius 1 is 1.12 bits per heavy atom. The number of carbonyl (C=O) groups is 1. The minimum atomic E-state index is -4.77. The molecule has 0 spiro atoms. The first-order valence-electron chi connectivity index (χ1n) is 12.0. The molecule has 2 heterocycles. The first kappa shape index (κ1) is 27.7. The summed E-state index contributed by atoms with van der Waals surface area (Å²) >= 11 is 0. The lowest BCUT2D eigenvalue weighted by molar-refractivity contribution is -0.138. The van der Waals surface area contributed by atoms with Gasteiger partial charge in [0.05, 0.1) is 39.9 Å². The zero-order valence-electron chi connectivity index (χ0n) is 20.9. The molecule has 0 saturated carbocycles. The van der Waals surface area contributed by atoms with Crippen LogP contribution in [0.2, 0.25) is 0 Å². The van der Waals surface area contributed by atoms with Gasteiger partial charge in [0.2, 0.25) is 5.82 Å². The van der Waals surface area contributed by atoms with Crippen LogP contribution in [0.1, 0.15) is 24.0 Å². The molecule has 0 aliphatic carbocycles. The molecule has 1 aliphatic heterocycles. The van der Waals surface area contributed by atoms with Crippen LogP contribution in [0.25, 0.3) is 22.8 Å². The third kappa shape index (κ3) is 5.57. The predicted molar refractivity (Wildman–Crippen MR) is 137 cm³/mol.